The highest BCUT2D eigenvalue weighted by Gasteiger charge is 2.15. The highest BCUT2D eigenvalue weighted by atomic mass is 35.5. The minimum absolute atomic E-state index is 0. The molecule has 0 spiro atoms. The molecule has 0 amide bonds. The molecular weight excluding hydrogens is 246 g/mol. The summed E-state index contributed by atoms with van der Waals surface area (Å²) >= 11 is 0. The fourth-order valence-corrected chi connectivity index (χ4v) is 2.71. The highest BCUT2D eigenvalue weighted by Crippen LogP contribution is 2.18. The van der Waals surface area contributed by atoms with Gasteiger partial charge >= 0.3 is 0 Å². The average Bonchev–Trinajstić information content (AvgIpc) is 2.79. The first-order valence-corrected chi connectivity index (χ1v) is 6.53. The van der Waals surface area contributed by atoms with Crippen LogP contribution in [0.1, 0.15) is 16.7 Å². The van der Waals surface area contributed by atoms with Gasteiger partial charge in [-0.05, 0) is 23.7 Å². The number of rotatable bonds is 2. The lowest BCUT2D eigenvalue weighted by atomic mass is 10.1. The summed E-state index contributed by atoms with van der Waals surface area (Å²) in [5, 5.41) is 3.40. The molecule has 2 aliphatic rings. The first kappa shape index (κ1) is 13.8. The largest absolute Gasteiger partial charge is 0.309 e. The topological polar surface area (TPSA) is 18.5 Å². The maximum atomic E-state index is 3.40. The van der Waals surface area contributed by atoms with Crippen LogP contribution >= 0.6 is 12.4 Å². The Morgan fingerprint density at radius 2 is 1.78 bits per heavy atom. The number of fused-ring (bicyclic) bond motifs is 1. The number of hydrogen-bond donors (Lipinski definition) is 1. The van der Waals surface area contributed by atoms with Crippen LogP contribution in [0, 0.1) is 0 Å². The Labute approximate surface area is 116 Å². The molecule has 0 atom stereocenters. The highest BCUT2D eigenvalue weighted by molar-refractivity contribution is 5.85. The Bertz CT molecular complexity index is 400. The third-order valence-corrected chi connectivity index (χ3v) is 3.90. The fourth-order valence-electron chi connectivity index (χ4n) is 2.71. The Morgan fingerprint density at radius 3 is 2.56 bits per heavy atom. The van der Waals surface area contributed by atoms with Gasteiger partial charge in [0.05, 0.1) is 0 Å². The maximum Gasteiger partial charge on any atom is 0.0234 e. The van der Waals surface area contributed by atoms with E-state index in [-0.39, 0.29) is 12.4 Å². The van der Waals surface area contributed by atoms with E-state index in [4.69, 9.17) is 0 Å². The van der Waals surface area contributed by atoms with Crippen molar-refractivity contribution in [3.05, 3.63) is 34.9 Å². The monoisotopic (exact) mass is 267 g/mol. The van der Waals surface area contributed by atoms with Gasteiger partial charge in [-0.15, -0.1) is 12.4 Å². The molecule has 0 unspecified atom stereocenters. The van der Waals surface area contributed by atoms with Gasteiger partial charge in [0, 0.05) is 45.8 Å². The summed E-state index contributed by atoms with van der Waals surface area (Å²) in [6.45, 7) is 8.01. The Hall–Kier alpha value is -0.610. The normalized spacial score (nSPS) is 20.5. The van der Waals surface area contributed by atoms with Crippen molar-refractivity contribution >= 4 is 12.4 Å². The molecule has 0 radical (unpaired) electrons. The molecule has 1 aromatic carbocycles. The lowest BCUT2D eigenvalue weighted by molar-refractivity contribution is 0.148. The minimum Gasteiger partial charge on any atom is -0.309 e. The van der Waals surface area contributed by atoms with Crippen molar-refractivity contribution in [1.29, 1.82) is 0 Å². The molecule has 3 rings (SSSR count). The predicted molar refractivity (Wildman–Crippen MR) is 77.0 cm³/mol. The van der Waals surface area contributed by atoms with Gasteiger partial charge in [0.1, 0.15) is 0 Å². The molecular formula is C14H22ClN3. The second kappa shape index (κ2) is 6.02. The van der Waals surface area contributed by atoms with E-state index in [2.05, 4.69) is 40.4 Å². The number of benzene rings is 1. The molecule has 0 saturated carbocycles. The van der Waals surface area contributed by atoms with Crippen LogP contribution in [-0.4, -0.2) is 43.0 Å². The summed E-state index contributed by atoms with van der Waals surface area (Å²) in [4.78, 5) is 4.97. The number of nitrogens with one attached hydrogen (secondary N) is 1. The fraction of sp³-hybridized carbons (Fsp3) is 0.571. The molecule has 1 aromatic rings. The third kappa shape index (κ3) is 3.04. The van der Waals surface area contributed by atoms with Crippen LogP contribution in [0.3, 0.4) is 0 Å². The molecule has 18 heavy (non-hydrogen) atoms. The summed E-state index contributed by atoms with van der Waals surface area (Å²) in [6.07, 6.45) is 0. The summed E-state index contributed by atoms with van der Waals surface area (Å²) in [7, 11) is 2.21. The van der Waals surface area contributed by atoms with Crippen molar-refractivity contribution in [3.63, 3.8) is 0 Å². The molecule has 0 bridgehead atoms. The van der Waals surface area contributed by atoms with Crippen LogP contribution in [0.15, 0.2) is 18.2 Å². The molecule has 4 heteroatoms. The molecule has 0 aliphatic carbocycles. The van der Waals surface area contributed by atoms with Crippen LogP contribution in [-0.2, 0) is 19.6 Å². The van der Waals surface area contributed by atoms with Gasteiger partial charge < -0.3 is 10.2 Å². The van der Waals surface area contributed by atoms with Crippen LogP contribution < -0.4 is 5.32 Å². The number of nitrogens with zero attached hydrogens (tertiary/aromatic N) is 2. The van der Waals surface area contributed by atoms with Crippen molar-refractivity contribution in [3.8, 4) is 0 Å². The summed E-state index contributed by atoms with van der Waals surface area (Å²) in [5.74, 6) is 0. The van der Waals surface area contributed by atoms with E-state index in [1.165, 1.54) is 42.9 Å². The quantitative estimate of drug-likeness (QED) is 0.875. The number of halogens is 1. The molecule has 3 nitrogen and oxygen atoms in total. The number of piperazine rings is 1. The molecule has 0 aromatic heterocycles. The van der Waals surface area contributed by atoms with E-state index in [0.29, 0.717) is 0 Å². The maximum absolute atomic E-state index is 3.40. The molecule has 2 aliphatic heterocycles. The molecule has 1 fully saturated rings. The van der Waals surface area contributed by atoms with E-state index in [1.807, 2.05) is 0 Å². The Balaban J connectivity index is 0.00000120. The Kier molecular flexibility index (Phi) is 4.62. The minimum atomic E-state index is 0. The first-order chi connectivity index (χ1) is 8.31. The van der Waals surface area contributed by atoms with Gasteiger partial charge in [-0.1, -0.05) is 18.2 Å². The van der Waals surface area contributed by atoms with Crippen molar-refractivity contribution in [1.82, 2.24) is 15.1 Å². The molecule has 1 N–H and O–H groups in total. The van der Waals surface area contributed by atoms with Crippen molar-refractivity contribution in [2.24, 2.45) is 0 Å². The van der Waals surface area contributed by atoms with Gasteiger partial charge in [0.2, 0.25) is 0 Å². The predicted octanol–water partition coefficient (Wildman–Crippen LogP) is 1.46. The lowest BCUT2D eigenvalue weighted by Gasteiger charge is -2.32. The standard InChI is InChI=1S/C14H21N3.ClH/c1-16-4-6-17(7-5-16)11-12-2-3-13-9-15-10-14(13)8-12;/h2-3,8,15H,4-7,9-11H2,1H3;1H. The van der Waals surface area contributed by atoms with E-state index < -0.39 is 0 Å². The van der Waals surface area contributed by atoms with Crippen LogP contribution in [0.2, 0.25) is 0 Å². The number of likely N-dealkylation sites (N-methyl/N-ethyl adjacent to an activating group) is 1. The smallest absolute Gasteiger partial charge is 0.0234 e. The second-order valence-corrected chi connectivity index (χ2v) is 5.29. The van der Waals surface area contributed by atoms with Crippen molar-refractivity contribution < 1.29 is 0 Å². The lowest BCUT2D eigenvalue weighted by Crippen LogP contribution is -2.43. The first-order valence-electron chi connectivity index (χ1n) is 6.53. The number of hydrogen-bond acceptors (Lipinski definition) is 3. The van der Waals surface area contributed by atoms with E-state index in [1.54, 1.807) is 0 Å². The summed E-state index contributed by atoms with van der Waals surface area (Å²) in [6, 6.07) is 6.97. The molecule has 100 valence electrons. The zero-order valence-corrected chi connectivity index (χ0v) is 11.8. The zero-order chi connectivity index (χ0) is 11.7. The Morgan fingerprint density at radius 1 is 1.06 bits per heavy atom. The van der Waals surface area contributed by atoms with Crippen molar-refractivity contribution in [2.45, 2.75) is 19.6 Å². The van der Waals surface area contributed by atoms with Gasteiger partial charge in [-0.2, -0.15) is 0 Å². The average molecular weight is 268 g/mol. The third-order valence-electron chi connectivity index (χ3n) is 3.90. The molecule has 1 saturated heterocycles. The van der Waals surface area contributed by atoms with Crippen molar-refractivity contribution in [2.75, 3.05) is 33.2 Å². The van der Waals surface area contributed by atoms with E-state index in [0.717, 1.165) is 19.6 Å². The van der Waals surface area contributed by atoms with Gasteiger partial charge in [0.25, 0.3) is 0 Å². The zero-order valence-electron chi connectivity index (χ0n) is 11.0. The van der Waals surface area contributed by atoms with Crippen LogP contribution in [0.25, 0.3) is 0 Å². The molecule has 2 heterocycles. The SMILES string of the molecule is CN1CCN(Cc2ccc3c(c2)CNC3)CC1.Cl. The van der Waals surface area contributed by atoms with E-state index >= 15 is 0 Å². The second-order valence-electron chi connectivity index (χ2n) is 5.29. The van der Waals surface area contributed by atoms with E-state index in [9.17, 15) is 0 Å². The van der Waals surface area contributed by atoms with Crippen LogP contribution in [0.4, 0.5) is 0 Å². The van der Waals surface area contributed by atoms with Gasteiger partial charge in [-0.3, -0.25) is 4.90 Å². The summed E-state index contributed by atoms with van der Waals surface area (Å²) in [5.41, 5.74) is 4.45. The van der Waals surface area contributed by atoms with Crippen LogP contribution in [0.5, 0.6) is 0 Å². The van der Waals surface area contributed by atoms with Gasteiger partial charge in [0.15, 0.2) is 0 Å². The van der Waals surface area contributed by atoms with Gasteiger partial charge in [-0.25, -0.2) is 0 Å². The summed E-state index contributed by atoms with van der Waals surface area (Å²) < 4.78 is 0.